The van der Waals surface area contributed by atoms with Gasteiger partial charge < -0.3 is 0 Å². The van der Waals surface area contributed by atoms with Crippen molar-refractivity contribution >= 4 is 15.9 Å². The van der Waals surface area contributed by atoms with Crippen molar-refractivity contribution in [3.05, 3.63) is 69.4 Å². The van der Waals surface area contributed by atoms with Crippen molar-refractivity contribution in [2.75, 3.05) is 0 Å². The van der Waals surface area contributed by atoms with E-state index in [0.717, 1.165) is 5.56 Å². The normalized spacial score (nSPS) is 12.4. The lowest BCUT2D eigenvalue weighted by atomic mass is 9.96. The van der Waals surface area contributed by atoms with Crippen LogP contribution in [0.5, 0.6) is 0 Å². The van der Waals surface area contributed by atoms with Crippen LogP contribution < -0.4 is 11.3 Å². The van der Waals surface area contributed by atoms with Gasteiger partial charge in [0, 0.05) is 5.56 Å². The zero-order chi connectivity index (χ0) is 13.8. The molecule has 4 heteroatoms. The van der Waals surface area contributed by atoms with E-state index in [4.69, 9.17) is 5.84 Å². The average molecular weight is 323 g/mol. The van der Waals surface area contributed by atoms with E-state index in [1.54, 1.807) is 12.1 Å². The number of hydrogen-bond donors (Lipinski definition) is 2. The fourth-order valence-electron chi connectivity index (χ4n) is 2.11. The summed E-state index contributed by atoms with van der Waals surface area (Å²) in [6.45, 7) is 2.04. The summed E-state index contributed by atoms with van der Waals surface area (Å²) >= 11 is 3.20. The Morgan fingerprint density at radius 2 is 1.95 bits per heavy atom. The number of benzene rings is 2. The number of halogens is 2. The van der Waals surface area contributed by atoms with Crippen molar-refractivity contribution < 1.29 is 4.39 Å². The topological polar surface area (TPSA) is 38.0 Å². The first-order chi connectivity index (χ1) is 9.13. The third kappa shape index (κ3) is 3.21. The molecule has 0 saturated heterocycles. The fourth-order valence-corrected chi connectivity index (χ4v) is 2.49. The molecule has 0 aromatic heterocycles. The highest BCUT2D eigenvalue weighted by Crippen LogP contribution is 2.26. The van der Waals surface area contributed by atoms with E-state index in [9.17, 15) is 4.39 Å². The molecule has 0 aliphatic rings. The minimum Gasteiger partial charge on any atom is -0.271 e. The number of hydrogen-bond acceptors (Lipinski definition) is 2. The van der Waals surface area contributed by atoms with Crippen LogP contribution in [0, 0.1) is 12.7 Å². The van der Waals surface area contributed by atoms with E-state index in [1.165, 1.54) is 5.56 Å². The molecule has 0 aliphatic heterocycles. The highest BCUT2D eigenvalue weighted by molar-refractivity contribution is 9.10. The van der Waals surface area contributed by atoms with Crippen molar-refractivity contribution in [1.82, 2.24) is 5.43 Å². The van der Waals surface area contributed by atoms with E-state index in [0.29, 0.717) is 16.5 Å². The summed E-state index contributed by atoms with van der Waals surface area (Å²) in [5.41, 5.74) is 5.61. The molecule has 0 radical (unpaired) electrons. The van der Waals surface area contributed by atoms with Gasteiger partial charge in [0.25, 0.3) is 0 Å². The van der Waals surface area contributed by atoms with Gasteiger partial charge in [-0.15, -0.1) is 0 Å². The second-order valence-electron chi connectivity index (χ2n) is 4.49. The Kier molecular flexibility index (Phi) is 4.69. The molecular formula is C15H16BrFN2. The van der Waals surface area contributed by atoms with Gasteiger partial charge in [-0.3, -0.25) is 11.3 Å². The number of nitrogens with two attached hydrogens (primary N) is 1. The van der Waals surface area contributed by atoms with Gasteiger partial charge in [0.2, 0.25) is 0 Å². The molecule has 2 aromatic rings. The number of hydrazine groups is 1. The van der Waals surface area contributed by atoms with E-state index < -0.39 is 0 Å². The number of aryl methyl sites for hydroxylation is 1. The SMILES string of the molecule is Cc1ccccc1CC(NN)c1cccc(Br)c1F. The third-order valence-electron chi connectivity index (χ3n) is 3.24. The zero-order valence-corrected chi connectivity index (χ0v) is 12.2. The Labute approximate surface area is 120 Å². The van der Waals surface area contributed by atoms with E-state index in [2.05, 4.69) is 21.4 Å². The monoisotopic (exact) mass is 322 g/mol. The molecule has 3 N–H and O–H groups in total. The van der Waals surface area contributed by atoms with E-state index >= 15 is 0 Å². The first-order valence-corrected chi connectivity index (χ1v) is 6.87. The summed E-state index contributed by atoms with van der Waals surface area (Å²) in [5, 5.41) is 0. The second kappa shape index (κ2) is 6.28. The van der Waals surface area contributed by atoms with Crippen LogP contribution in [0.2, 0.25) is 0 Å². The van der Waals surface area contributed by atoms with Crippen LogP contribution >= 0.6 is 15.9 Å². The van der Waals surface area contributed by atoms with Crippen molar-refractivity contribution in [2.24, 2.45) is 5.84 Å². The summed E-state index contributed by atoms with van der Waals surface area (Å²) in [6.07, 6.45) is 0.649. The molecule has 0 spiro atoms. The molecule has 0 heterocycles. The molecule has 1 unspecified atom stereocenters. The third-order valence-corrected chi connectivity index (χ3v) is 3.86. The van der Waals surface area contributed by atoms with Crippen molar-refractivity contribution in [3.8, 4) is 0 Å². The molecule has 2 rings (SSSR count). The molecule has 0 amide bonds. The molecule has 2 aromatic carbocycles. The smallest absolute Gasteiger partial charge is 0.142 e. The number of nitrogens with one attached hydrogen (secondary N) is 1. The van der Waals surface area contributed by atoms with Crippen molar-refractivity contribution in [1.29, 1.82) is 0 Å². The predicted octanol–water partition coefficient (Wildman–Crippen LogP) is 3.64. The summed E-state index contributed by atoms with van der Waals surface area (Å²) in [6, 6.07) is 13.0. The molecular weight excluding hydrogens is 307 g/mol. The Hall–Kier alpha value is -1.23. The summed E-state index contributed by atoms with van der Waals surface area (Å²) in [4.78, 5) is 0. The summed E-state index contributed by atoms with van der Waals surface area (Å²) < 4.78 is 14.6. The molecule has 19 heavy (non-hydrogen) atoms. The van der Waals surface area contributed by atoms with Gasteiger partial charge in [0.15, 0.2) is 0 Å². The van der Waals surface area contributed by atoms with Gasteiger partial charge in [0.1, 0.15) is 5.82 Å². The lowest BCUT2D eigenvalue weighted by Gasteiger charge is -2.18. The van der Waals surface area contributed by atoms with Gasteiger partial charge in [0.05, 0.1) is 10.5 Å². The Morgan fingerprint density at radius 3 is 2.63 bits per heavy atom. The quantitative estimate of drug-likeness (QED) is 0.666. The van der Waals surface area contributed by atoms with Crippen molar-refractivity contribution in [3.63, 3.8) is 0 Å². The minimum atomic E-state index is -0.265. The van der Waals surface area contributed by atoms with Crippen LogP contribution in [0.1, 0.15) is 22.7 Å². The average Bonchev–Trinajstić information content (AvgIpc) is 2.41. The molecule has 0 saturated carbocycles. The predicted molar refractivity (Wildman–Crippen MR) is 79.0 cm³/mol. The Balaban J connectivity index is 2.31. The van der Waals surface area contributed by atoms with E-state index in [1.807, 2.05) is 37.3 Å². The second-order valence-corrected chi connectivity index (χ2v) is 5.35. The molecule has 2 nitrogen and oxygen atoms in total. The van der Waals surface area contributed by atoms with E-state index in [-0.39, 0.29) is 11.9 Å². The molecule has 1 atom stereocenters. The van der Waals surface area contributed by atoms with Crippen molar-refractivity contribution in [2.45, 2.75) is 19.4 Å². The van der Waals surface area contributed by atoms with Gasteiger partial charge in [-0.25, -0.2) is 4.39 Å². The maximum Gasteiger partial charge on any atom is 0.142 e. The van der Waals surface area contributed by atoms with Crippen LogP contribution in [0.3, 0.4) is 0 Å². The maximum atomic E-state index is 14.1. The lowest BCUT2D eigenvalue weighted by Crippen LogP contribution is -2.30. The summed E-state index contributed by atoms with van der Waals surface area (Å²) in [7, 11) is 0. The van der Waals surface area contributed by atoms with Crippen LogP contribution in [0.4, 0.5) is 4.39 Å². The van der Waals surface area contributed by atoms with Gasteiger partial charge in [-0.2, -0.15) is 0 Å². The largest absolute Gasteiger partial charge is 0.271 e. The lowest BCUT2D eigenvalue weighted by molar-refractivity contribution is 0.507. The van der Waals surface area contributed by atoms with Gasteiger partial charge in [-0.05, 0) is 46.5 Å². The van der Waals surface area contributed by atoms with Crippen LogP contribution in [-0.2, 0) is 6.42 Å². The molecule has 0 bridgehead atoms. The summed E-state index contributed by atoms with van der Waals surface area (Å²) in [5.74, 6) is 5.32. The van der Waals surface area contributed by atoms with Crippen LogP contribution in [0.25, 0.3) is 0 Å². The Morgan fingerprint density at radius 1 is 1.21 bits per heavy atom. The maximum absolute atomic E-state index is 14.1. The minimum absolute atomic E-state index is 0.251. The van der Waals surface area contributed by atoms with Crippen LogP contribution in [-0.4, -0.2) is 0 Å². The Bertz CT molecular complexity index is 572. The highest BCUT2D eigenvalue weighted by Gasteiger charge is 2.17. The van der Waals surface area contributed by atoms with Crippen LogP contribution in [0.15, 0.2) is 46.9 Å². The zero-order valence-electron chi connectivity index (χ0n) is 10.7. The fraction of sp³-hybridized carbons (Fsp3) is 0.200. The first kappa shape index (κ1) is 14.2. The highest BCUT2D eigenvalue weighted by atomic mass is 79.9. The van der Waals surface area contributed by atoms with Gasteiger partial charge in [-0.1, -0.05) is 36.4 Å². The number of rotatable bonds is 4. The molecule has 100 valence electrons. The molecule has 0 fully saturated rings. The standard InChI is InChI=1S/C15H16BrFN2/c1-10-5-2-3-6-11(10)9-14(19-18)12-7-4-8-13(16)15(12)17/h2-8,14,19H,9,18H2,1H3. The molecule has 0 aliphatic carbocycles. The van der Waals surface area contributed by atoms with Gasteiger partial charge >= 0.3 is 0 Å². The first-order valence-electron chi connectivity index (χ1n) is 6.08.